The van der Waals surface area contributed by atoms with Gasteiger partial charge in [0.05, 0.1) is 5.52 Å². The van der Waals surface area contributed by atoms with Gasteiger partial charge in [-0.05, 0) is 52.9 Å². The summed E-state index contributed by atoms with van der Waals surface area (Å²) in [5, 5.41) is 5.50. The Morgan fingerprint density at radius 2 is 2.19 bits per heavy atom. The normalized spacial score (nSPS) is 18.7. The first-order valence-electron chi connectivity index (χ1n) is 5.52. The van der Waals surface area contributed by atoms with E-state index < -0.39 is 0 Å². The second-order valence-electron chi connectivity index (χ2n) is 4.66. The molecule has 84 valence electrons. The number of aryl methyl sites for hydroxylation is 1. The van der Waals surface area contributed by atoms with Crippen LogP contribution in [-0.4, -0.2) is 9.78 Å². The van der Waals surface area contributed by atoms with E-state index in [2.05, 4.69) is 39.2 Å². The quantitative estimate of drug-likeness (QED) is 0.872. The first kappa shape index (κ1) is 10.3. The lowest BCUT2D eigenvalue weighted by Crippen LogP contribution is -2.43. The summed E-state index contributed by atoms with van der Waals surface area (Å²) in [6.45, 7) is 0. The van der Waals surface area contributed by atoms with Crippen LogP contribution in [0.3, 0.4) is 0 Å². The van der Waals surface area contributed by atoms with Gasteiger partial charge in [0.2, 0.25) is 0 Å². The van der Waals surface area contributed by atoms with Crippen LogP contribution in [0.4, 0.5) is 0 Å². The number of aromatic nitrogens is 2. The molecule has 4 heteroatoms. The number of hydrogen-bond acceptors (Lipinski definition) is 2. The van der Waals surface area contributed by atoms with Crippen molar-refractivity contribution in [3.8, 4) is 0 Å². The molecule has 0 saturated heterocycles. The van der Waals surface area contributed by atoms with Gasteiger partial charge in [-0.15, -0.1) is 0 Å². The molecule has 3 nitrogen and oxygen atoms in total. The minimum atomic E-state index is -0.0938. The molecule has 1 aliphatic rings. The summed E-state index contributed by atoms with van der Waals surface area (Å²) in [6.07, 6.45) is 3.43. The summed E-state index contributed by atoms with van der Waals surface area (Å²) in [7, 11) is 1.95. The van der Waals surface area contributed by atoms with E-state index in [9.17, 15) is 0 Å². The minimum absolute atomic E-state index is 0.0938. The molecular weight excluding hydrogens is 266 g/mol. The molecule has 1 fully saturated rings. The molecule has 0 atom stereocenters. The van der Waals surface area contributed by atoms with Gasteiger partial charge < -0.3 is 5.73 Å². The van der Waals surface area contributed by atoms with Crippen molar-refractivity contribution in [1.82, 2.24) is 9.78 Å². The lowest BCUT2D eigenvalue weighted by molar-refractivity contribution is 0.254. The van der Waals surface area contributed by atoms with Crippen LogP contribution in [0, 0.1) is 0 Å². The molecule has 0 amide bonds. The van der Waals surface area contributed by atoms with Crippen LogP contribution in [0.25, 0.3) is 10.9 Å². The SMILES string of the molecule is Cn1nc(Br)c2cc(C3(N)CCC3)ccc21. The molecule has 3 rings (SSSR count). The largest absolute Gasteiger partial charge is 0.321 e. The Morgan fingerprint density at radius 1 is 1.44 bits per heavy atom. The Labute approximate surface area is 103 Å². The Bertz CT molecular complexity index is 555. The fourth-order valence-electron chi connectivity index (χ4n) is 2.38. The number of halogens is 1. The molecule has 0 radical (unpaired) electrons. The van der Waals surface area contributed by atoms with Gasteiger partial charge >= 0.3 is 0 Å². The van der Waals surface area contributed by atoms with E-state index in [4.69, 9.17) is 5.73 Å². The fraction of sp³-hybridized carbons (Fsp3) is 0.417. The van der Waals surface area contributed by atoms with Gasteiger partial charge in [-0.2, -0.15) is 5.10 Å². The standard InChI is InChI=1S/C12H14BrN3/c1-16-10-4-3-8(12(14)5-2-6-12)7-9(10)11(13)15-16/h3-4,7H,2,5-6,14H2,1H3. The molecule has 2 aromatic rings. The first-order chi connectivity index (χ1) is 7.60. The Hall–Kier alpha value is -0.870. The lowest BCUT2D eigenvalue weighted by atomic mass is 9.72. The Balaban J connectivity index is 2.19. The van der Waals surface area contributed by atoms with E-state index >= 15 is 0 Å². The van der Waals surface area contributed by atoms with Crippen LogP contribution in [0.15, 0.2) is 22.8 Å². The number of fused-ring (bicyclic) bond motifs is 1. The summed E-state index contributed by atoms with van der Waals surface area (Å²) >= 11 is 3.49. The first-order valence-corrected chi connectivity index (χ1v) is 6.31. The highest BCUT2D eigenvalue weighted by Crippen LogP contribution is 2.40. The van der Waals surface area contributed by atoms with Gasteiger partial charge in [0.15, 0.2) is 0 Å². The predicted octanol–water partition coefficient (Wildman–Crippen LogP) is 2.67. The Kier molecular flexibility index (Phi) is 2.13. The molecule has 1 aromatic heterocycles. The van der Waals surface area contributed by atoms with Gasteiger partial charge in [0.1, 0.15) is 4.60 Å². The maximum absolute atomic E-state index is 6.33. The zero-order valence-corrected chi connectivity index (χ0v) is 10.8. The summed E-state index contributed by atoms with van der Waals surface area (Å²) < 4.78 is 2.78. The minimum Gasteiger partial charge on any atom is -0.321 e. The van der Waals surface area contributed by atoms with Crippen molar-refractivity contribution < 1.29 is 0 Å². The summed E-state index contributed by atoms with van der Waals surface area (Å²) in [5.74, 6) is 0. The molecular formula is C12H14BrN3. The van der Waals surface area contributed by atoms with Gasteiger partial charge in [0, 0.05) is 18.0 Å². The topological polar surface area (TPSA) is 43.8 Å². The third kappa shape index (κ3) is 1.33. The number of nitrogens with two attached hydrogens (primary N) is 1. The fourth-order valence-corrected chi connectivity index (χ4v) is 2.93. The smallest absolute Gasteiger partial charge is 0.135 e. The molecule has 1 aliphatic carbocycles. The monoisotopic (exact) mass is 279 g/mol. The van der Waals surface area contributed by atoms with Gasteiger partial charge in [0.25, 0.3) is 0 Å². The van der Waals surface area contributed by atoms with Crippen molar-refractivity contribution in [2.45, 2.75) is 24.8 Å². The highest BCUT2D eigenvalue weighted by Gasteiger charge is 2.34. The van der Waals surface area contributed by atoms with Gasteiger partial charge in [-0.25, -0.2) is 0 Å². The van der Waals surface area contributed by atoms with Crippen LogP contribution in [0.5, 0.6) is 0 Å². The van der Waals surface area contributed by atoms with Crippen molar-refractivity contribution >= 4 is 26.8 Å². The number of hydrogen-bond donors (Lipinski definition) is 1. The van der Waals surface area contributed by atoms with Crippen molar-refractivity contribution in [3.63, 3.8) is 0 Å². The third-order valence-electron chi connectivity index (χ3n) is 3.63. The van der Waals surface area contributed by atoms with Gasteiger partial charge in [-0.1, -0.05) is 6.07 Å². The van der Waals surface area contributed by atoms with Gasteiger partial charge in [-0.3, -0.25) is 4.68 Å². The average molecular weight is 280 g/mol. The average Bonchev–Trinajstić information content (AvgIpc) is 2.51. The molecule has 0 bridgehead atoms. The number of nitrogens with zero attached hydrogens (tertiary/aromatic N) is 2. The molecule has 0 aliphatic heterocycles. The van der Waals surface area contributed by atoms with Crippen LogP contribution in [-0.2, 0) is 12.6 Å². The van der Waals surface area contributed by atoms with Crippen LogP contribution in [0.2, 0.25) is 0 Å². The van der Waals surface area contributed by atoms with Crippen molar-refractivity contribution in [2.75, 3.05) is 0 Å². The maximum atomic E-state index is 6.33. The van der Waals surface area contributed by atoms with E-state index in [1.54, 1.807) is 0 Å². The van der Waals surface area contributed by atoms with Crippen LogP contribution >= 0.6 is 15.9 Å². The van der Waals surface area contributed by atoms with Crippen LogP contribution in [0.1, 0.15) is 24.8 Å². The molecule has 0 unspecified atom stereocenters. The third-order valence-corrected chi connectivity index (χ3v) is 4.21. The maximum Gasteiger partial charge on any atom is 0.135 e. The van der Waals surface area contributed by atoms with E-state index in [0.717, 1.165) is 28.3 Å². The predicted molar refractivity (Wildman–Crippen MR) is 68.1 cm³/mol. The molecule has 0 spiro atoms. The van der Waals surface area contributed by atoms with Crippen molar-refractivity contribution in [3.05, 3.63) is 28.4 Å². The molecule has 2 N–H and O–H groups in total. The zero-order valence-electron chi connectivity index (χ0n) is 9.20. The second kappa shape index (κ2) is 3.31. The molecule has 16 heavy (non-hydrogen) atoms. The highest BCUT2D eigenvalue weighted by atomic mass is 79.9. The van der Waals surface area contributed by atoms with E-state index in [-0.39, 0.29) is 5.54 Å². The molecule has 1 saturated carbocycles. The number of benzene rings is 1. The summed E-state index contributed by atoms with van der Waals surface area (Å²) in [6, 6.07) is 6.41. The zero-order chi connectivity index (χ0) is 11.3. The lowest BCUT2D eigenvalue weighted by Gasteiger charge is -2.38. The number of rotatable bonds is 1. The van der Waals surface area contributed by atoms with Crippen LogP contribution < -0.4 is 5.73 Å². The molecule has 1 aromatic carbocycles. The Morgan fingerprint density at radius 3 is 2.81 bits per heavy atom. The van der Waals surface area contributed by atoms with Crippen molar-refractivity contribution in [2.24, 2.45) is 12.8 Å². The molecule has 1 heterocycles. The summed E-state index contributed by atoms with van der Waals surface area (Å²) in [5.41, 5.74) is 8.61. The van der Waals surface area contributed by atoms with Crippen molar-refractivity contribution in [1.29, 1.82) is 0 Å². The van der Waals surface area contributed by atoms with E-state index in [1.165, 1.54) is 12.0 Å². The van der Waals surface area contributed by atoms with E-state index in [0.29, 0.717) is 0 Å². The van der Waals surface area contributed by atoms with E-state index in [1.807, 2.05) is 11.7 Å². The highest BCUT2D eigenvalue weighted by molar-refractivity contribution is 9.10. The second-order valence-corrected chi connectivity index (χ2v) is 5.41. The summed E-state index contributed by atoms with van der Waals surface area (Å²) in [4.78, 5) is 0.